The molecular weight excluding hydrogens is 230 g/mol. The number of hydrogen-bond acceptors (Lipinski definition) is 4. The van der Waals surface area contributed by atoms with Gasteiger partial charge in [-0.05, 0) is 20.8 Å². The van der Waals surface area contributed by atoms with Gasteiger partial charge in [0.2, 0.25) is 5.91 Å². The molecule has 5 nitrogen and oxygen atoms in total. The van der Waals surface area contributed by atoms with Crippen LogP contribution in [0.2, 0.25) is 0 Å². The zero-order valence-electron chi connectivity index (χ0n) is 12.1. The fourth-order valence-electron chi connectivity index (χ4n) is 2.39. The molecule has 1 fully saturated rings. The van der Waals surface area contributed by atoms with Crippen molar-refractivity contribution >= 4 is 5.91 Å². The van der Waals surface area contributed by atoms with E-state index in [4.69, 9.17) is 4.74 Å². The van der Waals surface area contributed by atoms with Crippen molar-refractivity contribution < 1.29 is 9.53 Å². The van der Waals surface area contributed by atoms with Gasteiger partial charge in [0.05, 0.1) is 12.6 Å². The van der Waals surface area contributed by atoms with E-state index in [9.17, 15) is 4.79 Å². The van der Waals surface area contributed by atoms with Gasteiger partial charge in [0.25, 0.3) is 0 Å². The Balaban J connectivity index is 2.57. The lowest BCUT2D eigenvalue weighted by Gasteiger charge is -2.36. The standard InChI is InChI=1S/C13H27N3O2/c1-11(2)16(9-10-18-4)12(3)13(17)15-7-5-14-6-8-15/h11-12,14H,5-10H2,1-4H3. The van der Waals surface area contributed by atoms with E-state index < -0.39 is 0 Å². The van der Waals surface area contributed by atoms with Crippen molar-refractivity contribution in [2.24, 2.45) is 0 Å². The first-order valence-corrected chi connectivity index (χ1v) is 6.82. The van der Waals surface area contributed by atoms with Gasteiger partial charge in [-0.15, -0.1) is 0 Å². The summed E-state index contributed by atoms with van der Waals surface area (Å²) < 4.78 is 5.12. The predicted molar refractivity (Wildman–Crippen MR) is 72.6 cm³/mol. The van der Waals surface area contributed by atoms with Crippen molar-refractivity contribution in [2.75, 3.05) is 46.4 Å². The topological polar surface area (TPSA) is 44.8 Å². The summed E-state index contributed by atoms with van der Waals surface area (Å²) >= 11 is 0. The number of hydrogen-bond donors (Lipinski definition) is 1. The number of amides is 1. The number of rotatable bonds is 6. The summed E-state index contributed by atoms with van der Waals surface area (Å²) in [5.74, 6) is 0.237. The summed E-state index contributed by atoms with van der Waals surface area (Å²) in [4.78, 5) is 16.6. The van der Waals surface area contributed by atoms with Crippen molar-refractivity contribution in [3.05, 3.63) is 0 Å². The Labute approximate surface area is 110 Å². The van der Waals surface area contributed by atoms with E-state index >= 15 is 0 Å². The molecule has 0 saturated carbocycles. The van der Waals surface area contributed by atoms with Crippen LogP contribution in [0.15, 0.2) is 0 Å². The van der Waals surface area contributed by atoms with Gasteiger partial charge in [-0.1, -0.05) is 0 Å². The van der Waals surface area contributed by atoms with Crippen LogP contribution >= 0.6 is 0 Å². The summed E-state index contributed by atoms with van der Waals surface area (Å²) in [6.45, 7) is 11.1. The van der Waals surface area contributed by atoms with Gasteiger partial charge in [0, 0.05) is 45.9 Å². The zero-order valence-corrected chi connectivity index (χ0v) is 12.1. The number of piperazine rings is 1. The molecular formula is C13H27N3O2. The molecule has 1 saturated heterocycles. The van der Waals surface area contributed by atoms with Crippen LogP contribution in [-0.2, 0) is 9.53 Å². The van der Waals surface area contributed by atoms with Gasteiger partial charge < -0.3 is 15.0 Å². The number of carbonyl (C=O) groups is 1. The summed E-state index contributed by atoms with van der Waals surface area (Å²) in [6, 6.07) is 0.278. The first-order chi connectivity index (χ1) is 8.57. The maximum atomic E-state index is 12.4. The largest absolute Gasteiger partial charge is 0.383 e. The molecule has 5 heteroatoms. The lowest BCUT2D eigenvalue weighted by Crippen LogP contribution is -2.54. The third-order valence-electron chi connectivity index (χ3n) is 3.50. The molecule has 0 radical (unpaired) electrons. The molecule has 1 heterocycles. The van der Waals surface area contributed by atoms with Crippen LogP contribution in [-0.4, -0.2) is 74.2 Å². The molecule has 0 bridgehead atoms. The number of ether oxygens (including phenoxy) is 1. The molecule has 106 valence electrons. The SMILES string of the molecule is COCCN(C(C)C)C(C)C(=O)N1CCNCC1. The average molecular weight is 257 g/mol. The van der Waals surface area contributed by atoms with Crippen molar-refractivity contribution in [3.8, 4) is 0 Å². The Bertz CT molecular complexity index is 253. The smallest absolute Gasteiger partial charge is 0.239 e. The number of nitrogens with one attached hydrogen (secondary N) is 1. The van der Waals surface area contributed by atoms with E-state index in [1.54, 1.807) is 7.11 Å². The molecule has 1 N–H and O–H groups in total. The van der Waals surface area contributed by atoms with E-state index in [1.165, 1.54) is 0 Å². The highest BCUT2D eigenvalue weighted by Gasteiger charge is 2.27. The minimum Gasteiger partial charge on any atom is -0.383 e. The van der Waals surface area contributed by atoms with E-state index in [0.717, 1.165) is 32.7 Å². The van der Waals surface area contributed by atoms with E-state index in [0.29, 0.717) is 12.6 Å². The fourth-order valence-corrected chi connectivity index (χ4v) is 2.39. The Morgan fingerprint density at radius 2 is 1.94 bits per heavy atom. The van der Waals surface area contributed by atoms with Gasteiger partial charge in [0.1, 0.15) is 0 Å². The Kier molecular flexibility index (Phi) is 6.60. The maximum Gasteiger partial charge on any atom is 0.239 e. The maximum absolute atomic E-state index is 12.4. The Hall–Kier alpha value is -0.650. The highest BCUT2D eigenvalue weighted by molar-refractivity contribution is 5.81. The van der Waals surface area contributed by atoms with Crippen LogP contribution < -0.4 is 5.32 Å². The second kappa shape index (κ2) is 7.71. The van der Waals surface area contributed by atoms with Crippen LogP contribution in [0.1, 0.15) is 20.8 Å². The van der Waals surface area contributed by atoms with Gasteiger partial charge in [-0.25, -0.2) is 0 Å². The molecule has 0 aromatic heterocycles. The van der Waals surface area contributed by atoms with E-state index in [-0.39, 0.29) is 11.9 Å². The van der Waals surface area contributed by atoms with Gasteiger partial charge in [0.15, 0.2) is 0 Å². The van der Waals surface area contributed by atoms with Crippen LogP contribution in [0.3, 0.4) is 0 Å². The molecule has 1 atom stereocenters. The molecule has 1 rings (SSSR count). The number of nitrogens with zero attached hydrogens (tertiary/aromatic N) is 2. The van der Waals surface area contributed by atoms with Crippen LogP contribution in [0, 0.1) is 0 Å². The highest BCUT2D eigenvalue weighted by Crippen LogP contribution is 2.09. The molecule has 18 heavy (non-hydrogen) atoms. The van der Waals surface area contributed by atoms with Gasteiger partial charge >= 0.3 is 0 Å². The molecule has 1 unspecified atom stereocenters. The van der Waals surface area contributed by atoms with Crippen molar-refractivity contribution in [2.45, 2.75) is 32.9 Å². The van der Waals surface area contributed by atoms with E-state index in [1.807, 2.05) is 11.8 Å². The monoisotopic (exact) mass is 257 g/mol. The summed E-state index contributed by atoms with van der Waals surface area (Å²) in [5.41, 5.74) is 0. The van der Waals surface area contributed by atoms with E-state index in [2.05, 4.69) is 24.1 Å². The molecule has 0 aromatic rings. The molecule has 0 spiro atoms. The first kappa shape index (κ1) is 15.4. The predicted octanol–water partition coefficient (Wildman–Crippen LogP) is 0.164. The van der Waals surface area contributed by atoms with Crippen molar-refractivity contribution in [1.82, 2.24) is 15.1 Å². The number of methoxy groups -OCH3 is 1. The third kappa shape index (κ3) is 4.23. The minimum absolute atomic E-state index is 0.0711. The second-order valence-corrected chi connectivity index (χ2v) is 5.08. The average Bonchev–Trinajstić information content (AvgIpc) is 2.38. The molecule has 0 aliphatic carbocycles. The lowest BCUT2D eigenvalue weighted by molar-refractivity contribution is -0.138. The lowest BCUT2D eigenvalue weighted by atomic mass is 10.1. The van der Waals surface area contributed by atoms with Crippen LogP contribution in [0.25, 0.3) is 0 Å². The summed E-state index contributed by atoms with van der Waals surface area (Å²) in [5, 5.41) is 3.27. The van der Waals surface area contributed by atoms with Gasteiger partial charge in [-0.3, -0.25) is 9.69 Å². The number of carbonyl (C=O) groups excluding carboxylic acids is 1. The van der Waals surface area contributed by atoms with Crippen LogP contribution in [0.4, 0.5) is 0 Å². The van der Waals surface area contributed by atoms with Gasteiger partial charge in [-0.2, -0.15) is 0 Å². The quantitative estimate of drug-likeness (QED) is 0.736. The molecule has 1 aliphatic rings. The molecule has 0 aromatic carbocycles. The highest BCUT2D eigenvalue weighted by atomic mass is 16.5. The Morgan fingerprint density at radius 1 is 1.33 bits per heavy atom. The third-order valence-corrected chi connectivity index (χ3v) is 3.50. The first-order valence-electron chi connectivity index (χ1n) is 6.82. The molecule has 1 aliphatic heterocycles. The normalized spacial score (nSPS) is 18.4. The van der Waals surface area contributed by atoms with Crippen molar-refractivity contribution in [1.29, 1.82) is 0 Å². The fraction of sp³-hybridized carbons (Fsp3) is 0.923. The summed E-state index contributed by atoms with van der Waals surface area (Å²) in [7, 11) is 1.70. The summed E-state index contributed by atoms with van der Waals surface area (Å²) in [6.07, 6.45) is 0. The Morgan fingerprint density at radius 3 is 2.44 bits per heavy atom. The minimum atomic E-state index is -0.0711. The second-order valence-electron chi connectivity index (χ2n) is 5.08. The van der Waals surface area contributed by atoms with Crippen molar-refractivity contribution in [3.63, 3.8) is 0 Å². The van der Waals surface area contributed by atoms with Crippen LogP contribution in [0.5, 0.6) is 0 Å². The molecule has 1 amide bonds. The zero-order chi connectivity index (χ0) is 13.5.